The fourth-order valence-electron chi connectivity index (χ4n) is 7.20. The Morgan fingerprint density at radius 3 is 1.34 bits per heavy atom. The van der Waals surface area contributed by atoms with Crippen LogP contribution in [0.4, 0.5) is 0 Å². The van der Waals surface area contributed by atoms with E-state index in [9.17, 15) is 76.3 Å². The van der Waals surface area contributed by atoms with E-state index in [0.29, 0.717) is 0 Å². The third-order valence-corrected chi connectivity index (χ3v) is 10.8. The van der Waals surface area contributed by atoms with Gasteiger partial charge in [-0.05, 0) is 0 Å². The summed E-state index contributed by atoms with van der Waals surface area (Å²) in [6.07, 6.45) is -43.1. The van der Waals surface area contributed by atoms with Gasteiger partial charge in [-0.1, -0.05) is 0 Å². The Bertz CT molecular complexity index is 1350. The Kier molecular flexibility index (Phi) is 15.8. The van der Waals surface area contributed by atoms with E-state index < -0.39 is 193 Å². The van der Waals surface area contributed by atoms with Crippen LogP contribution in [0.2, 0.25) is 0 Å². The highest BCUT2D eigenvalue weighted by molar-refractivity contribution is 5.73. The molecule has 6 aliphatic heterocycles. The number of rotatable bonds is 12. The monoisotopic (exact) mass is 868 g/mol. The van der Waals surface area contributed by atoms with Gasteiger partial charge in [-0.15, -0.1) is 0 Å². The Morgan fingerprint density at radius 1 is 0.424 bits per heavy atom. The number of carboxylic acids is 1. The lowest BCUT2D eigenvalue weighted by molar-refractivity contribution is -0.384. The van der Waals surface area contributed by atoms with E-state index in [1.54, 1.807) is 0 Å². The van der Waals surface area contributed by atoms with Crippen LogP contribution in [0, 0.1) is 0 Å². The van der Waals surface area contributed by atoms with Crippen molar-refractivity contribution in [3.05, 3.63) is 0 Å². The molecule has 0 amide bonds. The topological polar surface area (TPSA) is 411 Å². The third-order valence-electron chi connectivity index (χ3n) is 10.8. The molecule has 1 unspecified atom stereocenters. The molecule has 0 aromatic heterocycles. The Labute approximate surface area is 333 Å². The largest absolute Gasteiger partial charge is 0.479 e. The van der Waals surface area contributed by atoms with Crippen LogP contribution in [-0.2, 0) is 61.6 Å². The Morgan fingerprint density at radius 2 is 0.831 bits per heavy atom. The van der Waals surface area contributed by atoms with Crippen molar-refractivity contribution in [3.8, 4) is 0 Å². The summed E-state index contributed by atoms with van der Waals surface area (Å²) in [5, 5.41) is 146. The van der Waals surface area contributed by atoms with E-state index >= 15 is 0 Å². The van der Waals surface area contributed by atoms with Crippen LogP contribution in [0.5, 0.6) is 0 Å². The maximum atomic E-state index is 12.0. The summed E-state index contributed by atoms with van der Waals surface area (Å²) >= 11 is 0. The summed E-state index contributed by atoms with van der Waals surface area (Å²) in [6.45, 7) is -2.53. The number of aliphatic hydroxyl groups is 13. The molecular weight excluding hydrogens is 816 g/mol. The van der Waals surface area contributed by atoms with Crippen molar-refractivity contribution in [3.63, 3.8) is 0 Å². The van der Waals surface area contributed by atoms with Crippen molar-refractivity contribution in [2.24, 2.45) is 0 Å². The van der Waals surface area contributed by atoms with Crippen molar-refractivity contribution < 1.29 is 133 Å². The molecule has 25 atom stereocenters. The van der Waals surface area contributed by atoms with Gasteiger partial charge in [-0.25, -0.2) is 4.79 Å². The van der Waals surface area contributed by atoms with Gasteiger partial charge in [0.15, 0.2) is 43.8 Å². The Balaban J connectivity index is 1.13. The molecule has 0 aliphatic carbocycles. The molecule has 6 aliphatic rings. The third kappa shape index (κ3) is 10.00. The highest BCUT2D eigenvalue weighted by Gasteiger charge is 2.55. The van der Waals surface area contributed by atoms with Crippen LogP contribution < -0.4 is 0 Å². The predicted molar refractivity (Wildman–Crippen MR) is 174 cm³/mol. The zero-order valence-corrected chi connectivity index (χ0v) is 31.0. The minimum Gasteiger partial charge on any atom is -0.479 e. The van der Waals surface area contributed by atoms with E-state index in [4.69, 9.17) is 56.8 Å². The number of methoxy groups -OCH3 is 1. The van der Waals surface area contributed by atoms with E-state index in [2.05, 4.69) is 0 Å². The second-order valence-electron chi connectivity index (χ2n) is 14.8. The first kappa shape index (κ1) is 47.0. The van der Waals surface area contributed by atoms with Crippen LogP contribution in [-0.4, -0.2) is 271 Å². The van der Waals surface area contributed by atoms with Gasteiger partial charge in [-0.3, -0.25) is 0 Å². The normalized spacial score (nSPS) is 52.5. The Hall–Kier alpha value is -1.53. The van der Waals surface area contributed by atoms with Gasteiger partial charge in [0.05, 0.1) is 33.0 Å². The van der Waals surface area contributed by atoms with Gasteiger partial charge in [0.1, 0.15) is 110 Å². The summed E-state index contributed by atoms with van der Waals surface area (Å²) in [4.78, 5) is 12.0. The summed E-state index contributed by atoms with van der Waals surface area (Å²) in [5.41, 5.74) is 0. The van der Waals surface area contributed by atoms with Crippen LogP contribution in [0.15, 0.2) is 0 Å². The summed E-state index contributed by atoms with van der Waals surface area (Å²) < 4.78 is 65.6. The van der Waals surface area contributed by atoms with Crippen LogP contribution in [0.1, 0.15) is 0 Å². The quantitative estimate of drug-likeness (QED) is 0.0866. The number of aliphatic hydroxyl groups excluding tert-OH is 13. The van der Waals surface area contributed by atoms with Gasteiger partial charge in [0.2, 0.25) is 0 Å². The van der Waals surface area contributed by atoms with Crippen LogP contribution >= 0.6 is 0 Å². The maximum Gasteiger partial charge on any atom is 0.335 e. The molecule has 27 nitrogen and oxygen atoms in total. The average molecular weight is 869 g/mol. The van der Waals surface area contributed by atoms with Crippen LogP contribution in [0.25, 0.3) is 0 Å². The summed E-state index contributed by atoms with van der Waals surface area (Å²) in [5.74, 6) is -1.63. The van der Waals surface area contributed by atoms with Gasteiger partial charge in [0, 0.05) is 7.11 Å². The maximum absolute atomic E-state index is 12.0. The van der Waals surface area contributed by atoms with E-state index in [-0.39, 0.29) is 0 Å². The fourth-order valence-corrected chi connectivity index (χ4v) is 7.20. The molecule has 0 spiro atoms. The molecule has 342 valence electrons. The smallest absolute Gasteiger partial charge is 0.335 e. The first-order valence-electron chi connectivity index (χ1n) is 18.5. The molecule has 27 heteroatoms. The molecule has 14 N–H and O–H groups in total. The lowest BCUT2D eigenvalue weighted by Gasteiger charge is -2.47. The zero-order chi connectivity index (χ0) is 43.0. The molecule has 6 heterocycles. The van der Waals surface area contributed by atoms with Gasteiger partial charge in [-0.2, -0.15) is 0 Å². The van der Waals surface area contributed by atoms with Crippen LogP contribution in [0.3, 0.4) is 0 Å². The van der Waals surface area contributed by atoms with Gasteiger partial charge in [0.25, 0.3) is 0 Å². The second kappa shape index (κ2) is 19.9. The molecule has 0 radical (unpaired) electrons. The van der Waals surface area contributed by atoms with Gasteiger partial charge >= 0.3 is 5.97 Å². The van der Waals surface area contributed by atoms with Crippen molar-refractivity contribution >= 4 is 5.97 Å². The SMILES string of the molecule is CO[C@H]1[C@H](O)[C@@H](O)[C@@H](O[C@H]2[C@H](O[C@@H]3CO[C@@H](O[C@@H]4COC(O)[C@H](O)[C@H]4O)[C@H](O)[C@H]3O)OC[C@@H](O[C@@H]3OC[C@@H](O[C@@H]4OC[C@@H](O)[C@H](O)[C@H]4O)[C@H](O)[C@H]3O)[C@@H]2O)O[C@@H]1C(=O)O. The molecule has 0 aromatic rings. The molecule has 6 fully saturated rings. The van der Waals surface area contributed by atoms with E-state index in [1.807, 2.05) is 0 Å². The van der Waals surface area contributed by atoms with Crippen molar-refractivity contribution in [2.45, 2.75) is 154 Å². The second-order valence-corrected chi connectivity index (χ2v) is 14.8. The lowest BCUT2D eigenvalue weighted by atomic mass is 9.98. The molecule has 0 bridgehead atoms. The standard InChI is InChI=1S/C32H52O27/c1-48-23-17(39)22(44)31(59-25(23)26(45)46)58-24-16(38)11(56-30-20(42)14(36)9(4-51-30)55-28-19(41)12(34)7(33)2-50-28)6-53-32(24)57-10-5-52-29(21(43)15(10)37)54-8-3-49-27(47)18(40)13(8)35/h7-25,27-44,47H,2-6H2,1H3,(H,45,46)/t7-,8-,9-,10-,11-,12+,13+,14+,15+,16+,17-,18-,19-,20-,21-,22-,23+,24-,25+,27?,28+,29+,30+,31+,32+/m1/s1. The molecule has 0 aromatic carbocycles. The molecule has 6 saturated heterocycles. The first-order chi connectivity index (χ1) is 27.9. The van der Waals surface area contributed by atoms with Crippen molar-refractivity contribution in [1.29, 1.82) is 0 Å². The number of hydrogen-bond donors (Lipinski definition) is 14. The number of aliphatic carboxylic acids is 1. The zero-order valence-electron chi connectivity index (χ0n) is 31.0. The highest BCUT2D eigenvalue weighted by atomic mass is 16.8. The first-order valence-corrected chi connectivity index (χ1v) is 18.5. The predicted octanol–water partition coefficient (Wildman–Crippen LogP) is -10.2. The molecule has 6 rings (SSSR count). The van der Waals surface area contributed by atoms with Crippen molar-refractivity contribution in [2.75, 3.05) is 40.1 Å². The fraction of sp³-hybridized carbons (Fsp3) is 0.969. The number of carbonyl (C=O) groups is 1. The average Bonchev–Trinajstić information content (AvgIpc) is 3.21. The van der Waals surface area contributed by atoms with Crippen molar-refractivity contribution in [1.82, 2.24) is 0 Å². The number of carboxylic acid groups (broad SMARTS) is 1. The summed E-state index contributed by atoms with van der Waals surface area (Å²) in [7, 11) is 1.06. The minimum atomic E-state index is -2.03. The number of hydrogen-bond acceptors (Lipinski definition) is 26. The molecule has 0 saturated carbocycles. The molecule has 59 heavy (non-hydrogen) atoms. The van der Waals surface area contributed by atoms with Gasteiger partial charge < -0.3 is 128 Å². The van der Waals surface area contributed by atoms with E-state index in [1.165, 1.54) is 0 Å². The highest BCUT2D eigenvalue weighted by Crippen LogP contribution is 2.33. The van der Waals surface area contributed by atoms with E-state index in [0.717, 1.165) is 7.11 Å². The molecular formula is C32H52O27. The number of ether oxygens (including phenoxy) is 12. The lowest BCUT2D eigenvalue weighted by Crippen LogP contribution is -2.66. The minimum absolute atomic E-state index is 0.415. The summed E-state index contributed by atoms with van der Waals surface area (Å²) in [6, 6.07) is 0.